The number of aliphatic hydroxyl groups excluding tert-OH is 1. The van der Waals surface area contributed by atoms with Gasteiger partial charge in [-0.2, -0.15) is 9.97 Å². The molecule has 2 aromatic heterocycles. The molecule has 3 aromatic rings. The molecule has 0 bridgehead atoms. The van der Waals surface area contributed by atoms with Gasteiger partial charge in [0.25, 0.3) is 5.91 Å². The van der Waals surface area contributed by atoms with Gasteiger partial charge in [-0.15, -0.1) is 0 Å². The van der Waals surface area contributed by atoms with Gasteiger partial charge >= 0.3 is 0 Å². The van der Waals surface area contributed by atoms with E-state index < -0.39 is 0 Å². The number of hydrogen-bond acceptors (Lipinski definition) is 6. The normalized spacial score (nSPS) is 14.0. The molecule has 4 rings (SSSR count). The molecule has 27 heavy (non-hydrogen) atoms. The molecule has 140 valence electrons. The fourth-order valence-corrected chi connectivity index (χ4v) is 2.96. The van der Waals surface area contributed by atoms with Crippen molar-refractivity contribution in [3.63, 3.8) is 0 Å². The number of aromatic amines is 1. The lowest BCUT2D eigenvalue weighted by molar-refractivity contribution is 0.0945. The smallest absolute Gasteiger partial charge is 0.251 e. The summed E-state index contributed by atoms with van der Waals surface area (Å²) in [6, 6.07) is 9.48. The van der Waals surface area contributed by atoms with Crippen LogP contribution in [0.4, 0.5) is 17.5 Å². The Morgan fingerprint density at radius 2 is 2.00 bits per heavy atom. The first kappa shape index (κ1) is 17.3. The summed E-state index contributed by atoms with van der Waals surface area (Å²) in [5.74, 6) is 1.10. The van der Waals surface area contributed by atoms with Crippen LogP contribution in [-0.2, 0) is 0 Å². The molecule has 8 heteroatoms. The van der Waals surface area contributed by atoms with E-state index in [4.69, 9.17) is 5.11 Å². The minimum atomic E-state index is -0.216. The summed E-state index contributed by atoms with van der Waals surface area (Å²) in [6.07, 6.45) is 5.44. The lowest BCUT2D eigenvalue weighted by atomic mass is 9.93. The highest BCUT2D eigenvalue weighted by Crippen LogP contribution is 2.28. The van der Waals surface area contributed by atoms with Crippen LogP contribution in [0.1, 0.15) is 29.6 Å². The molecule has 0 aliphatic heterocycles. The number of hydrogen-bond donors (Lipinski definition) is 5. The Hall–Kier alpha value is -3.13. The number of amides is 1. The van der Waals surface area contributed by atoms with Gasteiger partial charge in [-0.1, -0.05) is 0 Å². The maximum atomic E-state index is 11.9. The highest BCUT2D eigenvalue weighted by molar-refractivity contribution is 5.94. The van der Waals surface area contributed by atoms with Crippen LogP contribution in [0.5, 0.6) is 0 Å². The fourth-order valence-electron chi connectivity index (χ4n) is 2.96. The van der Waals surface area contributed by atoms with Crippen molar-refractivity contribution >= 4 is 34.4 Å². The summed E-state index contributed by atoms with van der Waals surface area (Å²) < 4.78 is 0. The molecular formula is C19H22N6O2. The number of carbonyl (C=O) groups excluding carboxylic acids is 1. The van der Waals surface area contributed by atoms with Crippen molar-refractivity contribution in [1.82, 2.24) is 20.3 Å². The second-order valence-corrected chi connectivity index (χ2v) is 6.59. The second kappa shape index (κ2) is 7.63. The van der Waals surface area contributed by atoms with Crippen molar-refractivity contribution in [3.8, 4) is 0 Å². The molecule has 0 saturated heterocycles. The van der Waals surface area contributed by atoms with Crippen LogP contribution in [0.15, 0.2) is 36.5 Å². The monoisotopic (exact) mass is 366 g/mol. The zero-order valence-electron chi connectivity index (χ0n) is 14.8. The Bertz CT molecular complexity index is 933. The summed E-state index contributed by atoms with van der Waals surface area (Å²) in [7, 11) is 0. The average Bonchev–Trinajstić information content (AvgIpc) is 3.12. The highest BCUT2D eigenvalue weighted by Gasteiger charge is 2.19. The van der Waals surface area contributed by atoms with E-state index in [0.717, 1.165) is 22.5 Å². The van der Waals surface area contributed by atoms with Crippen molar-refractivity contribution in [1.29, 1.82) is 0 Å². The van der Waals surface area contributed by atoms with Crippen LogP contribution in [0.2, 0.25) is 0 Å². The van der Waals surface area contributed by atoms with Gasteiger partial charge in [-0.3, -0.25) is 4.79 Å². The first-order chi connectivity index (χ1) is 13.2. The highest BCUT2D eigenvalue weighted by atomic mass is 16.3. The van der Waals surface area contributed by atoms with Crippen molar-refractivity contribution < 1.29 is 9.90 Å². The predicted octanol–water partition coefficient (Wildman–Crippen LogP) is 2.39. The standard InChI is InChI=1S/C19H22N6O2/c26-11-10-21-18(27)12-4-6-14(7-5-12)23-19-24-16-15(8-9-20-16)17(25-19)22-13-2-1-3-13/h4-9,13,26H,1-3,10-11H2,(H,21,27)(H3,20,22,23,24,25). The number of nitrogens with one attached hydrogen (secondary N) is 4. The largest absolute Gasteiger partial charge is 0.395 e. The summed E-state index contributed by atoms with van der Waals surface area (Å²) >= 11 is 0. The number of fused-ring (bicyclic) bond motifs is 1. The van der Waals surface area contributed by atoms with Gasteiger partial charge in [0, 0.05) is 30.0 Å². The minimum absolute atomic E-state index is 0.0822. The molecule has 1 saturated carbocycles. The third-order valence-electron chi connectivity index (χ3n) is 4.66. The molecule has 1 aliphatic carbocycles. The zero-order chi connectivity index (χ0) is 18.6. The van der Waals surface area contributed by atoms with E-state index in [0.29, 0.717) is 17.6 Å². The second-order valence-electron chi connectivity index (χ2n) is 6.59. The number of aliphatic hydroxyl groups is 1. The number of benzene rings is 1. The zero-order valence-corrected chi connectivity index (χ0v) is 14.8. The molecule has 1 aliphatic rings. The number of H-pyrrole nitrogens is 1. The van der Waals surface area contributed by atoms with Crippen LogP contribution in [-0.4, -0.2) is 45.2 Å². The van der Waals surface area contributed by atoms with Crippen LogP contribution < -0.4 is 16.0 Å². The molecule has 8 nitrogen and oxygen atoms in total. The maximum Gasteiger partial charge on any atom is 0.251 e. The Balaban J connectivity index is 1.51. The number of carbonyl (C=O) groups is 1. The third-order valence-corrected chi connectivity index (χ3v) is 4.66. The van der Waals surface area contributed by atoms with E-state index in [2.05, 4.69) is 30.9 Å². The van der Waals surface area contributed by atoms with Gasteiger partial charge in [0.2, 0.25) is 5.95 Å². The van der Waals surface area contributed by atoms with E-state index in [1.807, 2.05) is 12.3 Å². The fraction of sp³-hybridized carbons (Fsp3) is 0.316. The molecule has 2 heterocycles. The van der Waals surface area contributed by atoms with E-state index in [1.54, 1.807) is 24.3 Å². The van der Waals surface area contributed by atoms with Gasteiger partial charge in [-0.05, 0) is 49.6 Å². The van der Waals surface area contributed by atoms with Crippen molar-refractivity contribution in [2.45, 2.75) is 25.3 Å². The van der Waals surface area contributed by atoms with Gasteiger partial charge in [0.15, 0.2) is 0 Å². The maximum absolute atomic E-state index is 11.9. The molecule has 1 amide bonds. The topological polar surface area (TPSA) is 115 Å². The molecule has 5 N–H and O–H groups in total. The predicted molar refractivity (Wildman–Crippen MR) is 104 cm³/mol. The minimum Gasteiger partial charge on any atom is -0.395 e. The molecule has 1 fully saturated rings. The number of nitrogens with zero attached hydrogens (tertiary/aromatic N) is 2. The third kappa shape index (κ3) is 3.85. The lowest BCUT2D eigenvalue weighted by Crippen LogP contribution is -2.27. The van der Waals surface area contributed by atoms with E-state index >= 15 is 0 Å². The Morgan fingerprint density at radius 3 is 2.70 bits per heavy atom. The van der Waals surface area contributed by atoms with Crippen LogP contribution >= 0.6 is 0 Å². The van der Waals surface area contributed by atoms with Crippen molar-refractivity contribution in [3.05, 3.63) is 42.1 Å². The Labute approximate surface area is 156 Å². The lowest BCUT2D eigenvalue weighted by Gasteiger charge is -2.27. The molecule has 0 spiro atoms. The molecular weight excluding hydrogens is 344 g/mol. The van der Waals surface area contributed by atoms with Gasteiger partial charge in [0.05, 0.1) is 12.0 Å². The molecule has 0 atom stereocenters. The summed E-state index contributed by atoms with van der Waals surface area (Å²) in [4.78, 5) is 24.2. The summed E-state index contributed by atoms with van der Waals surface area (Å²) in [5, 5.41) is 19.1. The number of aromatic nitrogens is 3. The van der Waals surface area contributed by atoms with Gasteiger partial charge in [-0.25, -0.2) is 0 Å². The number of rotatable bonds is 7. The summed E-state index contributed by atoms with van der Waals surface area (Å²) in [5.41, 5.74) is 2.09. The SMILES string of the molecule is O=C(NCCO)c1ccc(Nc2nc(NC3CCC3)c3cc[nH]c3n2)cc1. The van der Waals surface area contributed by atoms with Crippen molar-refractivity contribution in [2.75, 3.05) is 23.8 Å². The summed E-state index contributed by atoms with van der Waals surface area (Å²) in [6.45, 7) is 0.154. The average molecular weight is 366 g/mol. The molecule has 1 aromatic carbocycles. The first-order valence-electron chi connectivity index (χ1n) is 9.11. The molecule has 0 unspecified atom stereocenters. The van der Waals surface area contributed by atoms with Crippen LogP contribution in [0.25, 0.3) is 11.0 Å². The van der Waals surface area contributed by atoms with Crippen molar-refractivity contribution in [2.24, 2.45) is 0 Å². The molecule has 0 radical (unpaired) electrons. The van der Waals surface area contributed by atoms with E-state index in [9.17, 15) is 4.79 Å². The van der Waals surface area contributed by atoms with Crippen LogP contribution in [0, 0.1) is 0 Å². The Morgan fingerprint density at radius 1 is 1.19 bits per heavy atom. The Kier molecular flexibility index (Phi) is 4.88. The van der Waals surface area contributed by atoms with Gasteiger partial charge < -0.3 is 26.0 Å². The van der Waals surface area contributed by atoms with Gasteiger partial charge in [0.1, 0.15) is 11.5 Å². The van der Waals surface area contributed by atoms with E-state index in [1.165, 1.54) is 19.3 Å². The first-order valence-corrected chi connectivity index (χ1v) is 9.11. The van der Waals surface area contributed by atoms with E-state index in [-0.39, 0.29) is 19.1 Å². The van der Waals surface area contributed by atoms with Crippen LogP contribution in [0.3, 0.4) is 0 Å². The number of anilines is 3. The quantitative estimate of drug-likeness (QED) is 0.439.